The molecule has 8 nitrogen and oxygen atoms in total. The zero-order valence-corrected chi connectivity index (χ0v) is 35.4. The lowest BCUT2D eigenvalue weighted by Gasteiger charge is -2.64. The van der Waals surface area contributed by atoms with E-state index in [0.717, 1.165) is 45.0 Å². The summed E-state index contributed by atoms with van der Waals surface area (Å²) >= 11 is 0. The number of aliphatic hydroxyl groups excluding tert-OH is 1. The Balaban J connectivity index is 0.959. The van der Waals surface area contributed by atoms with Crippen LogP contribution in [0.25, 0.3) is 0 Å². The summed E-state index contributed by atoms with van der Waals surface area (Å²) in [6.45, 7) is 21.5. The number of hydrogen-bond donors (Lipinski definition) is 2. The lowest BCUT2D eigenvalue weighted by Crippen LogP contribution is -2.61. The van der Waals surface area contributed by atoms with E-state index in [1.807, 2.05) is 20.8 Å². The molecule has 8 heteroatoms. The molecule has 8 rings (SSSR count). The van der Waals surface area contributed by atoms with Gasteiger partial charge in [-0.05, 0) is 157 Å². The number of ether oxygens (including phenoxy) is 4. The second-order valence-electron chi connectivity index (χ2n) is 21.6. The zero-order chi connectivity index (χ0) is 37.9. The predicted octanol–water partition coefficient (Wildman–Crippen LogP) is 7.28. The highest BCUT2D eigenvalue weighted by molar-refractivity contribution is 5.31. The Labute approximate surface area is 322 Å². The summed E-state index contributed by atoms with van der Waals surface area (Å²) < 4.78 is 25.7. The third-order valence-corrected chi connectivity index (χ3v) is 19.1. The molecule has 2 N–H and O–H groups in total. The smallest absolute Gasteiger partial charge is 0.170 e. The second-order valence-corrected chi connectivity index (χ2v) is 21.6. The van der Waals surface area contributed by atoms with Gasteiger partial charge in [0.05, 0.1) is 30.5 Å². The third-order valence-electron chi connectivity index (χ3n) is 19.1. The van der Waals surface area contributed by atoms with E-state index in [2.05, 4.69) is 51.5 Å². The minimum absolute atomic E-state index is 0.0685. The third kappa shape index (κ3) is 5.77. The first-order valence-electron chi connectivity index (χ1n) is 22.3. The zero-order valence-electron chi connectivity index (χ0n) is 35.4. The van der Waals surface area contributed by atoms with Crippen molar-refractivity contribution in [2.75, 3.05) is 40.5 Å². The van der Waals surface area contributed by atoms with Crippen LogP contribution >= 0.6 is 0 Å². The Bertz CT molecular complexity index is 1340. The highest BCUT2D eigenvalue weighted by atomic mass is 16.7. The second kappa shape index (κ2) is 13.6. The fourth-order valence-electron chi connectivity index (χ4n) is 16.4. The molecule has 5 unspecified atom stereocenters. The fraction of sp³-hybridized carbons (Fsp3) is 1.00. The molecule has 16 atom stereocenters. The van der Waals surface area contributed by atoms with Gasteiger partial charge < -0.3 is 29.2 Å². The van der Waals surface area contributed by atoms with Gasteiger partial charge in [-0.2, -0.15) is 0 Å². The van der Waals surface area contributed by atoms with E-state index < -0.39 is 5.60 Å². The molecule has 5 aliphatic carbocycles. The summed E-state index contributed by atoms with van der Waals surface area (Å²) in [4.78, 5) is 5.41. The first-order chi connectivity index (χ1) is 25.0. The van der Waals surface area contributed by atoms with Gasteiger partial charge >= 0.3 is 0 Å². The van der Waals surface area contributed by atoms with Gasteiger partial charge in [0.2, 0.25) is 0 Å². The molecule has 0 amide bonds. The first kappa shape index (κ1) is 39.5. The van der Waals surface area contributed by atoms with E-state index in [9.17, 15) is 10.2 Å². The lowest BCUT2D eigenvalue weighted by atomic mass is 9.41. The Morgan fingerprint density at radius 3 is 2.32 bits per heavy atom. The molecule has 2 bridgehead atoms. The number of morpholine rings is 1. The fourth-order valence-corrected chi connectivity index (χ4v) is 16.4. The van der Waals surface area contributed by atoms with E-state index in [4.69, 9.17) is 18.9 Å². The largest absolute Gasteiger partial charge is 0.393 e. The molecule has 0 radical (unpaired) electrons. The van der Waals surface area contributed by atoms with Gasteiger partial charge in [0, 0.05) is 50.3 Å². The Morgan fingerprint density at radius 1 is 0.925 bits per heavy atom. The molecule has 53 heavy (non-hydrogen) atoms. The normalized spacial score (nSPS) is 49.7. The highest BCUT2D eigenvalue weighted by Crippen LogP contribution is 2.89. The molecule has 2 spiro atoms. The quantitative estimate of drug-likeness (QED) is 0.229. The predicted molar refractivity (Wildman–Crippen MR) is 208 cm³/mol. The van der Waals surface area contributed by atoms with Crippen LogP contribution in [-0.2, 0) is 18.9 Å². The molecule has 304 valence electrons. The average Bonchev–Trinajstić information content (AvgIpc) is 3.66. The minimum atomic E-state index is -0.992. The van der Waals surface area contributed by atoms with Crippen molar-refractivity contribution in [1.82, 2.24) is 9.80 Å². The van der Waals surface area contributed by atoms with Crippen molar-refractivity contribution in [3.63, 3.8) is 0 Å². The summed E-state index contributed by atoms with van der Waals surface area (Å²) in [5.74, 6) is 1.99. The van der Waals surface area contributed by atoms with Crippen LogP contribution in [0, 0.1) is 50.7 Å². The van der Waals surface area contributed by atoms with Crippen molar-refractivity contribution >= 4 is 0 Å². The number of nitrogens with zero attached hydrogens (tertiary/aromatic N) is 2. The summed E-state index contributed by atoms with van der Waals surface area (Å²) in [5.41, 5.74) is -0.183. The lowest BCUT2D eigenvalue weighted by molar-refractivity contribution is -0.252. The molecule has 3 aliphatic heterocycles. The van der Waals surface area contributed by atoms with Gasteiger partial charge in [-0.25, -0.2) is 0 Å². The van der Waals surface area contributed by atoms with Gasteiger partial charge in [0.15, 0.2) is 6.29 Å². The van der Waals surface area contributed by atoms with Crippen LogP contribution in [0.5, 0.6) is 0 Å². The molecule has 8 fully saturated rings. The number of fused-ring (bicyclic) bond motifs is 4. The SMILES string of the molecule is CCO[C@@H](C(C[C@@H](C)[C@H]1C[C@H](O)[C@@]2(C)C3CC[C@H]4C(C)(C)[C@@H](O[C@H]5CN(C6CCC7CCC6N7C)CCO5)CC[C@@]45C[C@@]35CC[C@]12C)OC)C(C)(C)O. The van der Waals surface area contributed by atoms with Crippen molar-refractivity contribution in [3.05, 3.63) is 0 Å². The van der Waals surface area contributed by atoms with Gasteiger partial charge in [-0.1, -0.05) is 34.6 Å². The Hall–Kier alpha value is -0.320. The van der Waals surface area contributed by atoms with Gasteiger partial charge in [-0.3, -0.25) is 9.80 Å². The molecule has 3 heterocycles. The number of aliphatic hydroxyl groups is 2. The van der Waals surface area contributed by atoms with Crippen LogP contribution in [0.2, 0.25) is 0 Å². The van der Waals surface area contributed by atoms with Gasteiger partial charge in [-0.15, -0.1) is 0 Å². The average molecular weight is 743 g/mol. The highest BCUT2D eigenvalue weighted by Gasteiger charge is 2.83. The topological polar surface area (TPSA) is 83.9 Å². The minimum Gasteiger partial charge on any atom is -0.393 e. The number of likely N-dealkylation sites (N-methyl/N-ethyl adjacent to an activating group) is 1. The molecule has 0 aromatic rings. The maximum Gasteiger partial charge on any atom is 0.170 e. The van der Waals surface area contributed by atoms with E-state index in [1.54, 1.807) is 7.11 Å². The monoisotopic (exact) mass is 743 g/mol. The van der Waals surface area contributed by atoms with E-state index >= 15 is 0 Å². The number of methoxy groups -OCH3 is 1. The number of rotatable bonds is 11. The van der Waals surface area contributed by atoms with E-state index in [0.29, 0.717) is 53.2 Å². The molecule has 3 saturated heterocycles. The van der Waals surface area contributed by atoms with Crippen LogP contribution in [0.15, 0.2) is 0 Å². The molecule has 0 aromatic heterocycles. The number of hydrogen-bond acceptors (Lipinski definition) is 8. The maximum atomic E-state index is 12.3. The van der Waals surface area contributed by atoms with Crippen molar-refractivity contribution in [3.8, 4) is 0 Å². The van der Waals surface area contributed by atoms with Crippen LogP contribution in [0.4, 0.5) is 0 Å². The maximum absolute atomic E-state index is 12.3. The van der Waals surface area contributed by atoms with Crippen molar-refractivity contribution < 1.29 is 29.2 Å². The first-order valence-corrected chi connectivity index (χ1v) is 22.3. The number of piperidine rings is 1. The van der Waals surface area contributed by atoms with Gasteiger partial charge in [0.25, 0.3) is 0 Å². The molecule has 0 aromatic carbocycles. The van der Waals surface area contributed by atoms with Crippen molar-refractivity contribution in [1.29, 1.82) is 0 Å². The molecule has 8 aliphatic rings. The van der Waals surface area contributed by atoms with Crippen LogP contribution in [0.1, 0.15) is 139 Å². The Morgan fingerprint density at radius 2 is 1.62 bits per heavy atom. The molecular formula is C45H78N2O6. The van der Waals surface area contributed by atoms with Gasteiger partial charge in [0.1, 0.15) is 6.10 Å². The Kier molecular flexibility index (Phi) is 10.2. The summed E-state index contributed by atoms with van der Waals surface area (Å²) in [6, 6.07) is 2.14. The molecular weight excluding hydrogens is 665 g/mol. The van der Waals surface area contributed by atoms with Crippen molar-refractivity contribution in [2.24, 2.45) is 50.7 Å². The van der Waals surface area contributed by atoms with Crippen LogP contribution in [-0.4, -0.2) is 115 Å². The van der Waals surface area contributed by atoms with Crippen LogP contribution < -0.4 is 0 Å². The summed E-state index contributed by atoms with van der Waals surface area (Å²) in [5, 5.41) is 23.3. The van der Waals surface area contributed by atoms with Crippen molar-refractivity contribution in [2.45, 2.75) is 193 Å². The van der Waals surface area contributed by atoms with E-state index in [1.165, 1.54) is 64.2 Å². The standard InChI is InChI=1S/C45H78N2O6/c1-11-51-39(41(5,6)49)33(50-10)24-28(2)30-25-36(48)43(8)35-17-16-34-40(3,4)37(18-19-44(34)27-45(35,44)21-20-42(30,43)7)53-38-26-47(22-23-52-38)32-15-13-29-12-14-31(32)46(29)9/h28-39,48-49H,11-27H2,1-10H3/t28-,29?,30-,31?,32?,33?,34+,35?,36+,37+,38+,39+,42-,43-,44-,45+/m1/s1. The summed E-state index contributed by atoms with van der Waals surface area (Å²) in [7, 11) is 4.12. The van der Waals surface area contributed by atoms with Crippen LogP contribution in [0.3, 0.4) is 0 Å². The molecule has 5 saturated carbocycles. The van der Waals surface area contributed by atoms with E-state index in [-0.39, 0.29) is 47.0 Å². The summed E-state index contributed by atoms with van der Waals surface area (Å²) in [6.07, 6.45) is 15.0.